The lowest BCUT2D eigenvalue weighted by atomic mass is 9.85. The zero-order chi connectivity index (χ0) is 27.8. The average Bonchev–Trinajstić information content (AvgIpc) is 3.52. The van der Waals surface area contributed by atoms with Crippen molar-refractivity contribution in [2.45, 2.75) is 36.6 Å². The molecule has 1 amide bonds. The number of hydrogen-bond donors (Lipinski definition) is 2. The SMILES string of the molecule is CSc1ccc(-c2ccc(C=C3SC(=S)N(C4CCCC(C(=O)OCCN(CCO)CCO)C4)C3=O)o2)cc1. The van der Waals surface area contributed by atoms with E-state index in [1.165, 1.54) is 16.7 Å². The van der Waals surface area contributed by atoms with Crippen LogP contribution in [0.4, 0.5) is 0 Å². The molecule has 0 bridgehead atoms. The van der Waals surface area contributed by atoms with Crippen molar-refractivity contribution in [2.24, 2.45) is 5.92 Å². The quantitative estimate of drug-likeness (QED) is 0.161. The Labute approximate surface area is 242 Å². The van der Waals surface area contributed by atoms with E-state index in [0.717, 1.165) is 24.2 Å². The number of rotatable bonds is 12. The standard InChI is InChI=1S/C28H34N2O6S3/c1-38-23-8-5-19(6-9-23)24-10-7-22(36-24)18-25-26(33)30(28(37)39-25)21-4-2-3-20(17-21)27(34)35-16-13-29(11-14-31)12-15-32/h5-10,18,20-21,31-32H,2-4,11-17H2,1H3. The summed E-state index contributed by atoms with van der Waals surface area (Å²) in [6, 6.07) is 11.7. The van der Waals surface area contributed by atoms with Gasteiger partial charge in [-0.2, -0.15) is 0 Å². The monoisotopic (exact) mass is 590 g/mol. The summed E-state index contributed by atoms with van der Waals surface area (Å²) in [4.78, 5) is 31.3. The Kier molecular flexibility index (Phi) is 11.1. The Morgan fingerprint density at radius 3 is 2.62 bits per heavy atom. The molecule has 2 unspecified atom stereocenters. The van der Waals surface area contributed by atoms with Gasteiger partial charge in [0.05, 0.1) is 24.0 Å². The molecule has 11 heteroatoms. The maximum atomic E-state index is 13.4. The molecule has 2 aromatic rings. The Bertz CT molecular complexity index is 1180. The highest BCUT2D eigenvalue weighted by atomic mass is 32.2. The highest BCUT2D eigenvalue weighted by molar-refractivity contribution is 8.26. The maximum Gasteiger partial charge on any atom is 0.309 e. The van der Waals surface area contributed by atoms with E-state index in [9.17, 15) is 9.59 Å². The lowest BCUT2D eigenvalue weighted by Gasteiger charge is -2.33. The molecule has 1 aromatic carbocycles. The predicted octanol–water partition coefficient (Wildman–Crippen LogP) is 4.26. The first kappa shape index (κ1) is 29.8. The van der Waals surface area contributed by atoms with Gasteiger partial charge in [0.25, 0.3) is 5.91 Å². The molecule has 1 aliphatic heterocycles. The van der Waals surface area contributed by atoms with Crippen LogP contribution in [0.25, 0.3) is 17.4 Å². The Hall–Kier alpha value is -2.15. The maximum absolute atomic E-state index is 13.4. The Morgan fingerprint density at radius 2 is 1.92 bits per heavy atom. The fourth-order valence-corrected chi connectivity index (χ4v) is 6.68. The third-order valence-electron chi connectivity index (χ3n) is 6.93. The fourth-order valence-electron chi connectivity index (χ4n) is 4.89. The van der Waals surface area contributed by atoms with Gasteiger partial charge >= 0.3 is 5.97 Å². The summed E-state index contributed by atoms with van der Waals surface area (Å²) in [6.45, 7) is 1.41. The average molecular weight is 591 g/mol. The third-order valence-corrected chi connectivity index (χ3v) is 9.00. The molecule has 210 valence electrons. The summed E-state index contributed by atoms with van der Waals surface area (Å²) in [5.41, 5.74) is 0.967. The summed E-state index contributed by atoms with van der Waals surface area (Å²) >= 11 is 8.52. The van der Waals surface area contributed by atoms with E-state index in [4.69, 9.17) is 31.6 Å². The number of hydrogen-bond acceptors (Lipinski definition) is 10. The number of esters is 1. The molecule has 2 aliphatic rings. The second-order valence-electron chi connectivity index (χ2n) is 9.46. The molecule has 0 spiro atoms. The fraction of sp³-hybridized carbons (Fsp3) is 0.464. The van der Waals surface area contributed by atoms with Crippen molar-refractivity contribution in [3.63, 3.8) is 0 Å². The number of thiocarbonyl (C=S) groups is 1. The van der Waals surface area contributed by atoms with Gasteiger partial charge in [0, 0.05) is 42.2 Å². The van der Waals surface area contributed by atoms with Crippen molar-refractivity contribution < 1.29 is 29.0 Å². The van der Waals surface area contributed by atoms with Gasteiger partial charge in [-0.15, -0.1) is 11.8 Å². The molecular formula is C28H34N2O6S3. The molecule has 0 radical (unpaired) electrons. The predicted molar refractivity (Wildman–Crippen MR) is 158 cm³/mol. The molecule has 39 heavy (non-hydrogen) atoms. The van der Waals surface area contributed by atoms with Gasteiger partial charge in [-0.3, -0.25) is 19.4 Å². The topological polar surface area (TPSA) is 103 Å². The normalized spacial score (nSPS) is 20.8. The second-order valence-corrected chi connectivity index (χ2v) is 12.0. The van der Waals surface area contributed by atoms with Gasteiger partial charge < -0.3 is 19.4 Å². The molecule has 1 aliphatic carbocycles. The van der Waals surface area contributed by atoms with Crippen molar-refractivity contribution in [1.82, 2.24) is 9.80 Å². The van der Waals surface area contributed by atoms with Crippen LogP contribution in [0.15, 0.2) is 50.6 Å². The number of furan rings is 1. The number of nitrogens with zero attached hydrogens (tertiary/aromatic N) is 2. The van der Waals surface area contributed by atoms with E-state index in [1.807, 2.05) is 47.6 Å². The van der Waals surface area contributed by atoms with E-state index in [0.29, 0.717) is 47.5 Å². The molecule has 1 saturated carbocycles. The largest absolute Gasteiger partial charge is 0.464 e. The number of thioether (sulfide) groups is 2. The zero-order valence-corrected chi connectivity index (χ0v) is 24.4. The van der Waals surface area contributed by atoms with Gasteiger partial charge in [-0.05, 0) is 49.8 Å². The van der Waals surface area contributed by atoms with Gasteiger partial charge in [-0.25, -0.2) is 0 Å². The first-order valence-electron chi connectivity index (χ1n) is 13.1. The summed E-state index contributed by atoms with van der Waals surface area (Å²) in [7, 11) is 0. The van der Waals surface area contributed by atoms with E-state index < -0.39 is 0 Å². The number of benzene rings is 1. The van der Waals surface area contributed by atoms with E-state index >= 15 is 0 Å². The van der Waals surface area contributed by atoms with Gasteiger partial charge in [-0.1, -0.05) is 42.5 Å². The number of aliphatic hydroxyl groups excluding tert-OH is 2. The van der Waals surface area contributed by atoms with Crippen LogP contribution in [-0.4, -0.2) is 88.0 Å². The van der Waals surface area contributed by atoms with Gasteiger partial charge in [0.2, 0.25) is 0 Å². The summed E-state index contributed by atoms with van der Waals surface area (Å²) in [5, 5.41) is 18.3. The highest BCUT2D eigenvalue weighted by Gasteiger charge is 2.40. The number of carbonyl (C=O) groups excluding carboxylic acids is 2. The molecule has 2 heterocycles. The first-order chi connectivity index (χ1) is 18.9. The van der Waals surface area contributed by atoms with Crippen molar-refractivity contribution in [2.75, 3.05) is 45.7 Å². The van der Waals surface area contributed by atoms with Crippen LogP contribution >= 0.6 is 35.7 Å². The van der Waals surface area contributed by atoms with Crippen molar-refractivity contribution in [3.05, 3.63) is 47.1 Å². The first-order valence-corrected chi connectivity index (χ1v) is 15.5. The summed E-state index contributed by atoms with van der Waals surface area (Å²) in [5.74, 6) is 0.582. The lowest BCUT2D eigenvalue weighted by Crippen LogP contribution is -2.43. The van der Waals surface area contributed by atoms with Crippen molar-refractivity contribution >= 4 is 58.0 Å². The minimum Gasteiger partial charge on any atom is -0.464 e. The van der Waals surface area contributed by atoms with Crippen LogP contribution in [0.3, 0.4) is 0 Å². The van der Waals surface area contributed by atoms with Crippen molar-refractivity contribution in [1.29, 1.82) is 0 Å². The van der Waals surface area contributed by atoms with E-state index in [1.54, 1.807) is 22.7 Å². The Balaban J connectivity index is 1.35. The number of ether oxygens (including phenoxy) is 1. The Morgan fingerprint density at radius 1 is 1.18 bits per heavy atom. The van der Waals surface area contributed by atoms with E-state index in [2.05, 4.69) is 0 Å². The van der Waals surface area contributed by atoms with Gasteiger partial charge in [0.15, 0.2) is 0 Å². The summed E-state index contributed by atoms with van der Waals surface area (Å²) < 4.78 is 12.0. The molecule has 4 rings (SSSR count). The van der Waals surface area contributed by atoms with Crippen LogP contribution in [0, 0.1) is 5.92 Å². The summed E-state index contributed by atoms with van der Waals surface area (Å²) in [6.07, 6.45) is 6.57. The van der Waals surface area contributed by atoms with Crippen LogP contribution in [0.1, 0.15) is 31.4 Å². The molecule has 2 N–H and O–H groups in total. The highest BCUT2D eigenvalue weighted by Crippen LogP contribution is 2.39. The molecule has 1 aromatic heterocycles. The molecule has 8 nitrogen and oxygen atoms in total. The zero-order valence-electron chi connectivity index (χ0n) is 21.9. The molecule has 1 saturated heterocycles. The van der Waals surface area contributed by atoms with Crippen LogP contribution in [0.5, 0.6) is 0 Å². The molecule has 2 fully saturated rings. The van der Waals surface area contributed by atoms with Crippen LogP contribution in [0.2, 0.25) is 0 Å². The smallest absolute Gasteiger partial charge is 0.309 e. The molecular weight excluding hydrogens is 557 g/mol. The minimum atomic E-state index is -0.299. The third kappa shape index (κ3) is 7.74. The number of aliphatic hydroxyl groups is 2. The van der Waals surface area contributed by atoms with Gasteiger partial charge in [0.1, 0.15) is 22.4 Å². The number of amides is 1. The van der Waals surface area contributed by atoms with Crippen LogP contribution in [-0.2, 0) is 14.3 Å². The lowest BCUT2D eigenvalue weighted by molar-refractivity contribution is -0.151. The minimum absolute atomic E-state index is 0.0241. The van der Waals surface area contributed by atoms with Crippen LogP contribution < -0.4 is 0 Å². The van der Waals surface area contributed by atoms with Crippen molar-refractivity contribution in [3.8, 4) is 11.3 Å². The van der Waals surface area contributed by atoms with E-state index in [-0.39, 0.29) is 43.7 Å². The second kappa shape index (κ2) is 14.5. The molecule has 2 atom stereocenters. The number of carbonyl (C=O) groups is 2.